The lowest BCUT2D eigenvalue weighted by molar-refractivity contribution is -0.133. The summed E-state index contributed by atoms with van der Waals surface area (Å²) < 4.78 is 47.4. The summed E-state index contributed by atoms with van der Waals surface area (Å²) in [5.41, 5.74) is 1.71. The quantitative estimate of drug-likeness (QED) is 0.479. The van der Waals surface area contributed by atoms with E-state index in [2.05, 4.69) is 9.62 Å². The third kappa shape index (κ3) is 6.16. The summed E-state index contributed by atoms with van der Waals surface area (Å²) in [7, 11) is -2.61. The number of anilines is 1. The molecule has 1 atom stereocenters. The lowest BCUT2D eigenvalue weighted by Gasteiger charge is -2.37. The van der Waals surface area contributed by atoms with Crippen LogP contribution in [0.4, 0.5) is 10.1 Å². The van der Waals surface area contributed by atoms with Gasteiger partial charge in [0.05, 0.1) is 17.0 Å². The Bertz CT molecular complexity index is 1300. The highest BCUT2D eigenvalue weighted by Gasteiger charge is 2.31. The highest BCUT2D eigenvalue weighted by atomic mass is 35.5. The van der Waals surface area contributed by atoms with Gasteiger partial charge < -0.3 is 14.5 Å². The normalized spacial score (nSPS) is 15.0. The predicted octanol–water partition coefficient (Wildman–Crippen LogP) is 3.73. The number of carbonyl (C=O) groups is 1. The van der Waals surface area contributed by atoms with Crippen LogP contribution >= 0.6 is 11.6 Å². The number of halogens is 2. The van der Waals surface area contributed by atoms with E-state index in [1.54, 1.807) is 17.0 Å². The van der Waals surface area contributed by atoms with Gasteiger partial charge in [-0.05, 0) is 54.4 Å². The maximum atomic E-state index is 13.6. The first kappa shape index (κ1) is 25.9. The fraction of sp³-hybridized carbons (Fsp3) is 0.269. The van der Waals surface area contributed by atoms with Crippen LogP contribution in [0.1, 0.15) is 5.56 Å². The third-order valence-corrected chi connectivity index (χ3v) is 7.86. The standard InChI is InChI=1S/C26H27ClFN3O4S/c1-35-25-12-11-22(18-23(25)27)36(33,34)29-24(17-19-5-3-2-4-6-19)26(32)31-15-13-30(14-16-31)21-9-7-20(28)8-10-21/h2-12,18,24,29H,13-17H2,1H3/t24-/m0/s1. The van der Waals surface area contributed by atoms with Gasteiger partial charge in [-0.1, -0.05) is 41.9 Å². The SMILES string of the molecule is COc1ccc(S(=O)(=O)N[C@@H](Cc2ccccc2)C(=O)N2CCN(c3ccc(F)cc3)CC2)cc1Cl. The van der Waals surface area contributed by atoms with Crippen LogP contribution in [0.3, 0.4) is 0 Å². The van der Waals surface area contributed by atoms with Gasteiger partial charge in [0.25, 0.3) is 0 Å². The molecule has 1 amide bonds. The van der Waals surface area contributed by atoms with Gasteiger partial charge in [0, 0.05) is 31.9 Å². The number of ether oxygens (including phenoxy) is 1. The Hall–Kier alpha value is -3.14. The number of methoxy groups -OCH3 is 1. The number of amides is 1. The first-order chi connectivity index (χ1) is 17.3. The van der Waals surface area contributed by atoms with E-state index in [-0.39, 0.29) is 28.1 Å². The summed E-state index contributed by atoms with van der Waals surface area (Å²) in [6.07, 6.45) is 0.195. The van der Waals surface area contributed by atoms with Crippen molar-refractivity contribution in [2.24, 2.45) is 0 Å². The zero-order valence-corrected chi connectivity index (χ0v) is 21.3. The molecule has 0 unspecified atom stereocenters. The Morgan fingerprint density at radius 2 is 1.69 bits per heavy atom. The molecule has 3 aromatic carbocycles. The second-order valence-corrected chi connectivity index (χ2v) is 10.6. The fourth-order valence-corrected chi connectivity index (χ4v) is 5.69. The molecule has 1 aliphatic rings. The maximum Gasteiger partial charge on any atom is 0.241 e. The number of hydrogen-bond donors (Lipinski definition) is 1. The zero-order chi connectivity index (χ0) is 25.7. The molecule has 1 aliphatic heterocycles. The molecule has 0 spiro atoms. The highest BCUT2D eigenvalue weighted by molar-refractivity contribution is 7.89. The highest BCUT2D eigenvalue weighted by Crippen LogP contribution is 2.27. The Balaban J connectivity index is 1.52. The molecule has 1 fully saturated rings. The Morgan fingerprint density at radius 3 is 2.31 bits per heavy atom. The molecule has 0 bridgehead atoms. The van der Waals surface area contributed by atoms with Crippen molar-refractivity contribution < 1.29 is 22.3 Å². The molecular weight excluding hydrogens is 505 g/mol. The van der Waals surface area contributed by atoms with E-state index in [4.69, 9.17) is 16.3 Å². The predicted molar refractivity (Wildman–Crippen MR) is 137 cm³/mol. The van der Waals surface area contributed by atoms with E-state index >= 15 is 0 Å². The van der Waals surface area contributed by atoms with Crippen LogP contribution in [-0.4, -0.2) is 58.6 Å². The molecule has 36 heavy (non-hydrogen) atoms. The van der Waals surface area contributed by atoms with Crippen LogP contribution in [-0.2, 0) is 21.2 Å². The lowest BCUT2D eigenvalue weighted by Crippen LogP contribution is -2.55. The van der Waals surface area contributed by atoms with Gasteiger partial charge in [0.1, 0.15) is 17.6 Å². The van der Waals surface area contributed by atoms with Gasteiger partial charge in [-0.3, -0.25) is 4.79 Å². The fourth-order valence-electron chi connectivity index (χ4n) is 4.16. The van der Waals surface area contributed by atoms with Gasteiger partial charge in [0.15, 0.2) is 0 Å². The van der Waals surface area contributed by atoms with Crippen molar-refractivity contribution >= 4 is 33.2 Å². The summed E-state index contributed by atoms with van der Waals surface area (Å²) in [4.78, 5) is 17.2. The van der Waals surface area contributed by atoms with Crippen molar-refractivity contribution in [1.29, 1.82) is 0 Å². The molecule has 1 N–H and O–H groups in total. The molecule has 7 nitrogen and oxygen atoms in total. The van der Waals surface area contributed by atoms with Crippen LogP contribution < -0.4 is 14.4 Å². The summed E-state index contributed by atoms with van der Waals surface area (Å²) in [6, 6.07) is 18.6. The summed E-state index contributed by atoms with van der Waals surface area (Å²) in [5, 5.41) is 0.156. The summed E-state index contributed by atoms with van der Waals surface area (Å²) in [6.45, 7) is 1.93. The minimum Gasteiger partial charge on any atom is -0.495 e. The molecule has 4 rings (SSSR count). The van der Waals surface area contributed by atoms with Crippen molar-refractivity contribution in [3.8, 4) is 5.75 Å². The Morgan fingerprint density at radius 1 is 1.03 bits per heavy atom. The summed E-state index contributed by atoms with van der Waals surface area (Å²) in [5.74, 6) is -0.255. The van der Waals surface area contributed by atoms with Crippen LogP contribution in [0.5, 0.6) is 5.75 Å². The van der Waals surface area contributed by atoms with Crippen molar-refractivity contribution in [3.63, 3.8) is 0 Å². The van der Waals surface area contributed by atoms with E-state index < -0.39 is 16.1 Å². The topological polar surface area (TPSA) is 78.9 Å². The van der Waals surface area contributed by atoms with Crippen LogP contribution in [0.2, 0.25) is 5.02 Å². The van der Waals surface area contributed by atoms with Crippen LogP contribution in [0, 0.1) is 5.82 Å². The number of benzene rings is 3. The van der Waals surface area contributed by atoms with E-state index in [1.807, 2.05) is 30.3 Å². The van der Waals surface area contributed by atoms with E-state index in [1.165, 1.54) is 37.4 Å². The van der Waals surface area contributed by atoms with Crippen LogP contribution in [0.15, 0.2) is 77.7 Å². The van der Waals surface area contributed by atoms with E-state index in [9.17, 15) is 17.6 Å². The van der Waals surface area contributed by atoms with Gasteiger partial charge in [-0.25, -0.2) is 12.8 Å². The summed E-state index contributed by atoms with van der Waals surface area (Å²) >= 11 is 6.14. The Kier molecular flexibility index (Phi) is 8.13. The lowest BCUT2D eigenvalue weighted by atomic mass is 10.1. The van der Waals surface area contributed by atoms with Gasteiger partial charge >= 0.3 is 0 Å². The molecule has 190 valence electrons. The number of sulfonamides is 1. The average Bonchev–Trinajstić information content (AvgIpc) is 2.89. The second kappa shape index (κ2) is 11.3. The Labute approximate surface area is 215 Å². The minimum atomic E-state index is -4.05. The van der Waals surface area contributed by atoms with Crippen LogP contribution in [0.25, 0.3) is 0 Å². The number of carbonyl (C=O) groups excluding carboxylic acids is 1. The maximum absolute atomic E-state index is 13.6. The minimum absolute atomic E-state index is 0.0553. The molecule has 0 saturated carbocycles. The first-order valence-corrected chi connectivity index (χ1v) is 13.3. The zero-order valence-electron chi connectivity index (χ0n) is 19.7. The second-order valence-electron chi connectivity index (χ2n) is 8.45. The molecule has 1 heterocycles. The van der Waals surface area contributed by atoms with Gasteiger partial charge in [0.2, 0.25) is 15.9 Å². The van der Waals surface area contributed by atoms with Crippen molar-refractivity contribution in [2.45, 2.75) is 17.4 Å². The molecular formula is C26H27ClFN3O4S. The average molecular weight is 532 g/mol. The number of piperazine rings is 1. The molecule has 0 radical (unpaired) electrons. The molecule has 10 heteroatoms. The number of rotatable bonds is 8. The van der Waals surface area contributed by atoms with Gasteiger partial charge in [-0.2, -0.15) is 4.72 Å². The van der Waals surface area contributed by atoms with Crippen molar-refractivity contribution in [1.82, 2.24) is 9.62 Å². The number of hydrogen-bond acceptors (Lipinski definition) is 5. The molecule has 0 aliphatic carbocycles. The largest absolute Gasteiger partial charge is 0.495 e. The van der Waals surface area contributed by atoms with E-state index in [0.717, 1.165) is 11.3 Å². The van der Waals surface area contributed by atoms with Crippen molar-refractivity contribution in [3.05, 3.63) is 89.2 Å². The molecule has 0 aromatic heterocycles. The smallest absolute Gasteiger partial charge is 0.241 e. The van der Waals surface area contributed by atoms with Crippen molar-refractivity contribution in [2.75, 3.05) is 38.2 Å². The van der Waals surface area contributed by atoms with Gasteiger partial charge in [-0.15, -0.1) is 0 Å². The number of nitrogens with one attached hydrogen (secondary N) is 1. The molecule has 3 aromatic rings. The molecule has 1 saturated heterocycles. The first-order valence-electron chi connectivity index (χ1n) is 11.5. The third-order valence-electron chi connectivity index (χ3n) is 6.09. The monoisotopic (exact) mass is 531 g/mol. The number of nitrogens with zero attached hydrogens (tertiary/aromatic N) is 2. The van der Waals surface area contributed by atoms with E-state index in [0.29, 0.717) is 31.9 Å².